The quantitative estimate of drug-likeness (QED) is 0.758. The highest BCUT2D eigenvalue weighted by molar-refractivity contribution is 5.70. The van der Waals surface area contributed by atoms with E-state index in [1.54, 1.807) is 14.0 Å². The van der Waals surface area contributed by atoms with Crippen LogP contribution in [0.3, 0.4) is 0 Å². The lowest BCUT2D eigenvalue weighted by molar-refractivity contribution is -0.145. The van der Waals surface area contributed by atoms with Crippen LogP contribution in [0.4, 0.5) is 5.69 Å². The fraction of sp³-hybridized carbons (Fsp3) is 0.500. The van der Waals surface area contributed by atoms with Crippen LogP contribution in [0.25, 0.3) is 0 Å². The smallest absolute Gasteiger partial charge is 0.308 e. The van der Waals surface area contributed by atoms with Crippen LogP contribution in [0.5, 0.6) is 5.75 Å². The molecule has 0 bridgehead atoms. The summed E-state index contributed by atoms with van der Waals surface area (Å²) < 4.78 is 10.1. The number of para-hydroxylation sites is 2. The summed E-state index contributed by atoms with van der Waals surface area (Å²) in [5.74, 6) is 0.344. The van der Waals surface area contributed by atoms with Crippen molar-refractivity contribution in [3.05, 3.63) is 24.3 Å². The summed E-state index contributed by atoms with van der Waals surface area (Å²) >= 11 is 0. The number of nitrogens with zero attached hydrogens (tertiary/aromatic N) is 1. The Hall–Kier alpha value is -1.75. The molecule has 0 radical (unpaired) electrons. The zero-order chi connectivity index (χ0) is 14.3. The molecule has 1 rings (SSSR count). The minimum atomic E-state index is -0.769. The van der Waals surface area contributed by atoms with Crippen LogP contribution in [0.2, 0.25) is 0 Å². The number of anilines is 1. The van der Waals surface area contributed by atoms with E-state index in [1.165, 1.54) is 0 Å². The fourth-order valence-electron chi connectivity index (χ4n) is 1.84. The molecule has 106 valence electrons. The number of likely N-dealkylation sites (N-methyl/N-ethyl adjacent to an activating group) is 1. The number of esters is 1. The summed E-state index contributed by atoms with van der Waals surface area (Å²) in [6, 6.07) is 7.52. The first-order valence-electron chi connectivity index (χ1n) is 6.26. The molecular weight excluding hydrogens is 246 g/mol. The van der Waals surface area contributed by atoms with Crippen molar-refractivity contribution in [2.24, 2.45) is 0 Å². The monoisotopic (exact) mass is 267 g/mol. The van der Waals surface area contributed by atoms with E-state index in [9.17, 15) is 9.90 Å². The van der Waals surface area contributed by atoms with E-state index in [4.69, 9.17) is 9.47 Å². The largest absolute Gasteiger partial charge is 0.495 e. The number of aliphatic hydroxyl groups is 1. The van der Waals surface area contributed by atoms with Crippen molar-refractivity contribution < 1.29 is 19.4 Å². The van der Waals surface area contributed by atoms with Crippen LogP contribution in [0.15, 0.2) is 24.3 Å². The number of carbonyl (C=O) groups excluding carboxylic acids is 1. The third kappa shape index (κ3) is 4.79. The van der Waals surface area contributed by atoms with E-state index in [0.29, 0.717) is 13.2 Å². The summed E-state index contributed by atoms with van der Waals surface area (Å²) in [7, 11) is 3.44. The molecular formula is C14H21NO4. The Bertz CT molecular complexity index is 408. The highest BCUT2D eigenvalue weighted by Crippen LogP contribution is 2.26. The van der Waals surface area contributed by atoms with Crippen LogP contribution in [-0.2, 0) is 9.53 Å². The molecule has 5 heteroatoms. The molecule has 0 saturated carbocycles. The standard InChI is InChI=1S/C14H21NO4/c1-4-19-14(17)9-11(16)10-15(2)12-7-5-6-8-13(12)18-3/h5-8,11,16H,4,9-10H2,1-3H3. The number of aliphatic hydroxyl groups excluding tert-OH is 1. The molecule has 0 aliphatic rings. The molecule has 1 aromatic rings. The fourth-order valence-corrected chi connectivity index (χ4v) is 1.84. The minimum Gasteiger partial charge on any atom is -0.495 e. The molecule has 1 aromatic carbocycles. The molecule has 0 aromatic heterocycles. The Morgan fingerprint density at radius 1 is 1.42 bits per heavy atom. The lowest BCUT2D eigenvalue weighted by atomic mass is 10.2. The van der Waals surface area contributed by atoms with Gasteiger partial charge in [-0.25, -0.2) is 0 Å². The highest BCUT2D eigenvalue weighted by Gasteiger charge is 2.16. The average molecular weight is 267 g/mol. The summed E-state index contributed by atoms with van der Waals surface area (Å²) in [5, 5.41) is 9.86. The first kappa shape index (κ1) is 15.3. The van der Waals surface area contributed by atoms with Crippen molar-refractivity contribution in [2.45, 2.75) is 19.4 Å². The van der Waals surface area contributed by atoms with E-state index in [-0.39, 0.29) is 12.4 Å². The summed E-state index contributed by atoms with van der Waals surface area (Å²) in [6.45, 7) is 2.40. The van der Waals surface area contributed by atoms with Crippen LogP contribution < -0.4 is 9.64 Å². The molecule has 0 heterocycles. The minimum absolute atomic E-state index is 0.00662. The molecule has 0 saturated heterocycles. The lowest BCUT2D eigenvalue weighted by Crippen LogP contribution is -2.31. The maximum atomic E-state index is 11.3. The second-order valence-electron chi connectivity index (χ2n) is 4.22. The molecule has 1 atom stereocenters. The SMILES string of the molecule is CCOC(=O)CC(O)CN(C)c1ccccc1OC. The number of hydrogen-bond acceptors (Lipinski definition) is 5. The van der Waals surface area contributed by atoms with Crippen LogP contribution in [0, 0.1) is 0 Å². The van der Waals surface area contributed by atoms with Gasteiger partial charge in [0.1, 0.15) is 5.75 Å². The van der Waals surface area contributed by atoms with Gasteiger partial charge < -0.3 is 19.5 Å². The van der Waals surface area contributed by atoms with E-state index in [2.05, 4.69) is 0 Å². The molecule has 0 spiro atoms. The molecule has 0 aliphatic carbocycles. The number of carbonyl (C=O) groups is 1. The zero-order valence-corrected chi connectivity index (χ0v) is 11.6. The molecule has 19 heavy (non-hydrogen) atoms. The Labute approximate surface area is 113 Å². The zero-order valence-electron chi connectivity index (χ0n) is 11.6. The first-order chi connectivity index (χ1) is 9.08. The van der Waals surface area contributed by atoms with Gasteiger partial charge in [0.25, 0.3) is 0 Å². The van der Waals surface area contributed by atoms with Crippen molar-refractivity contribution in [3.63, 3.8) is 0 Å². The molecule has 1 unspecified atom stereocenters. The van der Waals surface area contributed by atoms with Gasteiger partial charge in [-0.05, 0) is 19.1 Å². The third-order valence-corrected chi connectivity index (χ3v) is 2.69. The second kappa shape index (κ2) is 7.63. The van der Waals surface area contributed by atoms with Crippen molar-refractivity contribution >= 4 is 11.7 Å². The van der Waals surface area contributed by atoms with Gasteiger partial charge in [0.15, 0.2) is 0 Å². The maximum Gasteiger partial charge on any atom is 0.308 e. The summed E-state index contributed by atoms with van der Waals surface area (Å²) in [6.07, 6.45) is -0.776. The second-order valence-corrected chi connectivity index (χ2v) is 4.22. The van der Waals surface area contributed by atoms with E-state index in [1.807, 2.05) is 36.2 Å². The van der Waals surface area contributed by atoms with E-state index < -0.39 is 6.10 Å². The van der Waals surface area contributed by atoms with Gasteiger partial charge in [0.2, 0.25) is 0 Å². The number of ether oxygens (including phenoxy) is 2. The number of benzene rings is 1. The molecule has 0 amide bonds. The summed E-state index contributed by atoms with van der Waals surface area (Å²) in [5.41, 5.74) is 0.868. The Morgan fingerprint density at radius 2 is 2.11 bits per heavy atom. The number of hydrogen-bond donors (Lipinski definition) is 1. The van der Waals surface area contributed by atoms with Gasteiger partial charge in [0.05, 0.1) is 31.9 Å². The van der Waals surface area contributed by atoms with E-state index in [0.717, 1.165) is 11.4 Å². The van der Waals surface area contributed by atoms with Crippen molar-refractivity contribution in [1.82, 2.24) is 0 Å². The molecule has 5 nitrogen and oxygen atoms in total. The van der Waals surface area contributed by atoms with Crippen LogP contribution in [0.1, 0.15) is 13.3 Å². The molecule has 0 aliphatic heterocycles. The predicted octanol–water partition coefficient (Wildman–Crippen LogP) is 1.45. The van der Waals surface area contributed by atoms with Gasteiger partial charge in [0, 0.05) is 13.6 Å². The normalized spacial score (nSPS) is 11.8. The topological polar surface area (TPSA) is 59.0 Å². The van der Waals surface area contributed by atoms with Crippen LogP contribution in [-0.4, -0.2) is 44.5 Å². The predicted molar refractivity (Wildman–Crippen MR) is 73.5 cm³/mol. The van der Waals surface area contributed by atoms with Gasteiger partial charge >= 0.3 is 5.97 Å². The van der Waals surface area contributed by atoms with Gasteiger partial charge in [-0.1, -0.05) is 12.1 Å². The first-order valence-corrected chi connectivity index (χ1v) is 6.26. The molecule has 0 fully saturated rings. The number of methoxy groups -OCH3 is 1. The van der Waals surface area contributed by atoms with Gasteiger partial charge in [-0.2, -0.15) is 0 Å². The third-order valence-electron chi connectivity index (χ3n) is 2.69. The highest BCUT2D eigenvalue weighted by atomic mass is 16.5. The van der Waals surface area contributed by atoms with Gasteiger partial charge in [-0.3, -0.25) is 4.79 Å². The number of rotatable bonds is 7. The summed E-state index contributed by atoms with van der Waals surface area (Å²) in [4.78, 5) is 13.1. The van der Waals surface area contributed by atoms with Gasteiger partial charge in [-0.15, -0.1) is 0 Å². The lowest BCUT2D eigenvalue weighted by Gasteiger charge is -2.24. The maximum absolute atomic E-state index is 11.3. The Morgan fingerprint density at radius 3 is 2.74 bits per heavy atom. The van der Waals surface area contributed by atoms with Crippen molar-refractivity contribution in [1.29, 1.82) is 0 Å². The van der Waals surface area contributed by atoms with Crippen LogP contribution >= 0.6 is 0 Å². The average Bonchev–Trinajstić information content (AvgIpc) is 2.38. The Balaban J connectivity index is 2.58. The molecule has 1 N–H and O–H groups in total. The Kier molecular flexibility index (Phi) is 6.15. The van der Waals surface area contributed by atoms with E-state index >= 15 is 0 Å². The van der Waals surface area contributed by atoms with Crippen molar-refractivity contribution in [3.8, 4) is 5.75 Å². The van der Waals surface area contributed by atoms with Crippen molar-refractivity contribution in [2.75, 3.05) is 32.2 Å².